The standard InChI is InChI=1S/C20H25N5O5S/c1-3-30-17-10-8-16(9-11-17)25-31(28,29)19-12-18(23-24-19)20(27)22-15-6-4-14(5-7-15)21-13(2)26/h4-11,18-19,23-25H,3,12H2,1-2H3,(H,21,26)(H,22,27). The minimum absolute atomic E-state index is 0.0438. The van der Waals surface area contributed by atoms with E-state index in [4.69, 9.17) is 4.74 Å². The molecule has 5 N–H and O–H groups in total. The Hall–Kier alpha value is -3.15. The van der Waals surface area contributed by atoms with Crippen LogP contribution in [-0.2, 0) is 19.6 Å². The molecule has 0 saturated carbocycles. The number of hydrogen-bond donors (Lipinski definition) is 5. The quantitative estimate of drug-likeness (QED) is 0.415. The summed E-state index contributed by atoms with van der Waals surface area (Å²) in [5.74, 6) is 0.0793. The number of rotatable bonds is 8. The van der Waals surface area contributed by atoms with Gasteiger partial charge in [-0.1, -0.05) is 0 Å². The fourth-order valence-corrected chi connectivity index (χ4v) is 4.27. The number of amides is 2. The molecule has 0 aromatic heterocycles. The van der Waals surface area contributed by atoms with Crippen LogP contribution in [0, 0.1) is 0 Å². The maximum Gasteiger partial charge on any atom is 0.250 e. The summed E-state index contributed by atoms with van der Waals surface area (Å²) in [5, 5.41) is 4.37. The molecule has 31 heavy (non-hydrogen) atoms. The van der Waals surface area contributed by atoms with Crippen molar-refractivity contribution in [3.8, 4) is 5.75 Å². The van der Waals surface area contributed by atoms with Gasteiger partial charge in [-0.2, -0.15) is 0 Å². The molecule has 2 aromatic rings. The number of carbonyl (C=O) groups excluding carboxylic acids is 2. The number of anilines is 3. The van der Waals surface area contributed by atoms with Crippen LogP contribution in [-0.4, -0.2) is 38.3 Å². The lowest BCUT2D eigenvalue weighted by Crippen LogP contribution is -2.42. The minimum atomic E-state index is -3.78. The Bertz CT molecular complexity index is 1020. The Morgan fingerprint density at radius 2 is 1.55 bits per heavy atom. The van der Waals surface area contributed by atoms with E-state index in [0.717, 1.165) is 0 Å². The summed E-state index contributed by atoms with van der Waals surface area (Å²) >= 11 is 0. The van der Waals surface area contributed by atoms with Crippen LogP contribution in [0.2, 0.25) is 0 Å². The first kappa shape index (κ1) is 22.5. The first-order valence-corrected chi connectivity index (χ1v) is 11.3. The van der Waals surface area contributed by atoms with Crippen LogP contribution >= 0.6 is 0 Å². The largest absolute Gasteiger partial charge is 0.494 e. The maximum absolute atomic E-state index is 12.7. The molecule has 1 fully saturated rings. The molecule has 2 amide bonds. The SMILES string of the molecule is CCOc1ccc(NS(=O)(=O)C2CC(C(=O)Nc3ccc(NC(C)=O)cc3)NN2)cc1. The molecule has 2 atom stereocenters. The van der Waals surface area contributed by atoms with Crippen molar-refractivity contribution in [2.45, 2.75) is 31.7 Å². The van der Waals surface area contributed by atoms with Gasteiger partial charge in [0.15, 0.2) is 0 Å². The van der Waals surface area contributed by atoms with Gasteiger partial charge in [0.05, 0.1) is 6.61 Å². The third-order valence-electron chi connectivity index (χ3n) is 4.46. The van der Waals surface area contributed by atoms with E-state index >= 15 is 0 Å². The molecular weight excluding hydrogens is 422 g/mol. The van der Waals surface area contributed by atoms with Crippen molar-refractivity contribution in [2.24, 2.45) is 0 Å². The van der Waals surface area contributed by atoms with Gasteiger partial charge >= 0.3 is 0 Å². The summed E-state index contributed by atoms with van der Waals surface area (Å²) in [4.78, 5) is 23.6. The van der Waals surface area contributed by atoms with Crippen LogP contribution in [0.4, 0.5) is 17.1 Å². The number of hydrogen-bond acceptors (Lipinski definition) is 7. The average molecular weight is 448 g/mol. The Kier molecular flexibility index (Phi) is 7.10. The third kappa shape index (κ3) is 6.17. The highest BCUT2D eigenvalue weighted by molar-refractivity contribution is 7.93. The molecule has 10 nitrogen and oxygen atoms in total. The molecule has 0 bridgehead atoms. The molecule has 1 aliphatic rings. The van der Waals surface area contributed by atoms with E-state index in [9.17, 15) is 18.0 Å². The molecule has 2 aromatic carbocycles. The lowest BCUT2D eigenvalue weighted by molar-refractivity contribution is -0.118. The number of sulfonamides is 1. The average Bonchev–Trinajstić information content (AvgIpc) is 3.22. The van der Waals surface area contributed by atoms with Crippen molar-refractivity contribution >= 4 is 38.9 Å². The number of ether oxygens (including phenoxy) is 1. The van der Waals surface area contributed by atoms with Crippen LogP contribution in [0.3, 0.4) is 0 Å². The van der Waals surface area contributed by atoms with Gasteiger partial charge in [0.1, 0.15) is 17.2 Å². The van der Waals surface area contributed by atoms with E-state index in [2.05, 4.69) is 26.2 Å². The van der Waals surface area contributed by atoms with Gasteiger partial charge in [-0.15, -0.1) is 0 Å². The Morgan fingerprint density at radius 3 is 2.13 bits per heavy atom. The van der Waals surface area contributed by atoms with Crippen molar-refractivity contribution in [1.82, 2.24) is 10.9 Å². The third-order valence-corrected chi connectivity index (χ3v) is 6.04. The molecule has 0 aliphatic carbocycles. The topological polar surface area (TPSA) is 138 Å². The predicted octanol–water partition coefficient (Wildman–Crippen LogP) is 1.62. The van der Waals surface area contributed by atoms with Gasteiger partial charge in [0.25, 0.3) is 0 Å². The molecule has 1 heterocycles. The highest BCUT2D eigenvalue weighted by Crippen LogP contribution is 2.20. The lowest BCUT2D eigenvalue weighted by atomic mass is 10.2. The second-order valence-electron chi connectivity index (χ2n) is 6.92. The monoisotopic (exact) mass is 447 g/mol. The summed E-state index contributed by atoms with van der Waals surface area (Å²) in [6.07, 6.45) is 0.0438. The summed E-state index contributed by atoms with van der Waals surface area (Å²) in [5.41, 5.74) is 6.92. The van der Waals surface area contributed by atoms with Crippen LogP contribution in [0.25, 0.3) is 0 Å². The maximum atomic E-state index is 12.7. The Balaban J connectivity index is 1.55. The van der Waals surface area contributed by atoms with Crippen LogP contribution in [0.1, 0.15) is 20.3 Å². The van der Waals surface area contributed by atoms with Crippen LogP contribution in [0.15, 0.2) is 48.5 Å². The van der Waals surface area contributed by atoms with Gasteiger partial charge in [-0.05, 0) is 55.5 Å². The van der Waals surface area contributed by atoms with E-state index in [1.807, 2.05) is 6.92 Å². The number of benzene rings is 2. The fraction of sp³-hybridized carbons (Fsp3) is 0.300. The van der Waals surface area contributed by atoms with E-state index in [1.165, 1.54) is 6.92 Å². The van der Waals surface area contributed by atoms with Crippen molar-refractivity contribution in [3.63, 3.8) is 0 Å². The fourth-order valence-electron chi connectivity index (χ4n) is 2.99. The van der Waals surface area contributed by atoms with Gasteiger partial charge in [-0.3, -0.25) is 14.3 Å². The summed E-state index contributed by atoms with van der Waals surface area (Å²) < 4.78 is 33.2. The number of nitrogens with one attached hydrogen (secondary N) is 5. The predicted molar refractivity (Wildman–Crippen MR) is 118 cm³/mol. The normalized spacial score (nSPS) is 18.3. The van der Waals surface area contributed by atoms with Gasteiger partial charge in [-0.25, -0.2) is 19.3 Å². The zero-order chi connectivity index (χ0) is 22.4. The van der Waals surface area contributed by atoms with Crippen molar-refractivity contribution in [1.29, 1.82) is 0 Å². The second-order valence-corrected chi connectivity index (χ2v) is 8.78. The smallest absolute Gasteiger partial charge is 0.250 e. The number of hydrazine groups is 1. The van der Waals surface area contributed by atoms with Gasteiger partial charge < -0.3 is 15.4 Å². The molecule has 3 rings (SSSR count). The van der Waals surface area contributed by atoms with E-state index in [1.54, 1.807) is 48.5 Å². The van der Waals surface area contributed by atoms with E-state index < -0.39 is 21.4 Å². The Labute approximate surface area is 180 Å². The first-order valence-electron chi connectivity index (χ1n) is 9.71. The zero-order valence-corrected chi connectivity index (χ0v) is 18.0. The first-order chi connectivity index (χ1) is 14.8. The van der Waals surface area contributed by atoms with Gasteiger partial charge in [0.2, 0.25) is 21.8 Å². The van der Waals surface area contributed by atoms with Crippen LogP contribution in [0.5, 0.6) is 5.75 Å². The van der Waals surface area contributed by atoms with Crippen molar-refractivity contribution in [3.05, 3.63) is 48.5 Å². The zero-order valence-electron chi connectivity index (χ0n) is 17.1. The van der Waals surface area contributed by atoms with Gasteiger partial charge in [0, 0.05) is 30.4 Å². The summed E-state index contributed by atoms with van der Waals surface area (Å²) in [6.45, 7) is 3.79. The van der Waals surface area contributed by atoms with Crippen molar-refractivity contribution in [2.75, 3.05) is 22.0 Å². The molecule has 2 unspecified atom stereocenters. The summed E-state index contributed by atoms with van der Waals surface area (Å²) in [7, 11) is -3.78. The highest BCUT2D eigenvalue weighted by atomic mass is 32.2. The molecular formula is C20H25N5O5S. The summed E-state index contributed by atoms with van der Waals surface area (Å²) in [6, 6.07) is 12.4. The highest BCUT2D eigenvalue weighted by Gasteiger charge is 2.37. The molecule has 1 aliphatic heterocycles. The van der Waals surface area contributed by atoms with E-state index in [0.29, 0.717) is 29.4 Å². The molecule has 1 saturated heterocycles. The second kappa shape index (κ2) is 9.77. The molecule has 0 spiro atoms. The molecule has 0 radical (unpaired) electrons. The number of carbonyl (C=O) groups is 2. The molecule has 11 heteroatoms. The van der Waals surface area contributed by atoms with Crippen molar-refractivity contribution < 1.29 is 22.7 Å². The van der Waals surface area contributed by atoms with E-state index in [-0.39, 0.29) is 18.2 Å². The van der Waals surface area contributed by atoms with Crippen LogP contribution < -0.4 is 30.9 Å². The Morgan fingerprint density at radius 1 is 0.968 bits per heavy atom. The molecule has 166 valence electrons. The minimum Gasteiger partial charge on any atom is -0.494 e. The lowest BCUT2D eigenvalue weighted by Gasteiger charge is -2.14.